The second-order valence-electron chi connectivity index (χ2n) is 2.08. The number of rotatable bonds is 2. The van der Waals surface area contributed by atoms with Gasteiger partial charge in [0.25, 0.3) is 0 Å². The molecule has 0 unspecified atom stereocenters. The third kappa shape index (κ3) is 1.93. The Morgan fingerprint density at radius 1 is 1.83 bits per heavy atom. The summed E-state index contributed by atoms with van der Waals surface area (Å²) in [5.41, 5.74) is 5.93. The molecule has 0 bridgehead atoms. The molecule has 0 aliphatic carbocycles. The first-order chi connectivity index (χ1) is 5.15. The van der Waals surface area contributed by atoms with Crippen LogP contribution in [0.5, 0.6) is 0 Å². The van der Waals surface area contributed by atoms with Crippen LogP contribution in [0.4, 0.5) is 5.82 Å². The van der Waals surface area contributed by atoms with Gasteiger partial charge < -0.3 is 15.8 Å². The number of hydrogen-bond acceptors (Lipinski definition) is 4. The summed E-state index contributed by atoms with van der Waals surface area (Å²) in [5.74, 6) is -0.159. The van der Waals surface area contributed by atoms with Gasteiger partial charge in [-0.15, -0.1) is 12.4 Å². The molecule has 1 aromatic heterocycles. The van der Waals surface area contributed by atoms with Gasteiger partial charge in [-0.05, 0) is 4.92 Å². The van der Waals surface area contributed by atoms with Gasteiger partial charge in [0.2, 0.25) is 0 Å². The van der Waals surface area contributed by atoms with Crippen molar-refractivity contribution in [3.63, 3.8) is 0 Å². The average Bonchev–Trinajstić information content (AvgIpc) is 2.31. The Kier molecular flexibility index (Phi) is 3.65. The molecule has 0 amide bonds. The van der Waals surface area contributed by atoms with Crippen LogP contribution < -0.4 is 5.73 Å². The van der Waals surface area contributed by atoms with E-state index in [9.17, 15) is 10.1 Å². The number of nitrogens with zero attached hydrogens (tertiary/aromatic N) is 3. The lowest BCUT2D eigenvalue weighted by Crippen LogP contribution is -2.03. The van der Waals surface area contributed by atoms with Crippen molar-refractivity contribution < 1.29 is 4.92 Å². The molecule has 1 rings (SSSR count). The van der Waals surface area contributed by atoms with Crippen LogP contribution in [0, 0.1) is 10.1 Å². The molecule has 7 heteroatoms. The Morgan fingerprint density at radius 3 is 2.67 bits per heavy atom. The highest BCUT2D eigenvalue weighted by molar-refractivity contribution is 5.85. The molecule has 0 atom stereocenters. The van der Waals surface area contributed by atoms with Crippen molar-refractivity contribution in [2.45, 2.75) is 6.54 Å². The van der Waals surface area contributed by atoms with Gasteiger partial charge in [-0.1, -0.05) is 0 Å². The first-order valence-corrected chi connectivity index (χ1v) is 3.02. The SMILES string of the molecule is Cl.Cn1nc([N+](=O)[O-])cc1CN. The Bertz CT molecular complexity index is 285. The van der Waals surface area contributed by atoms with E-state index in [0.717, 1.165) is 0 Å². The predicted molar refractivity (Wildman–Crippen MR) is 45.0 cm³/mol. The number of aryl methyl sites for hydroxylation is 1. The fourth-order valence-electron chi connectivity index (χ4n) is 0.769. The van der Waals surface area contributed by atoms with Crippen LogP contribution in [0.25, 0.3) is 0 Å². The van der Waals surface area contributed by atoms with Gasteiger partial charge in [0.1, 0.15) is 0 Å². The van der Waals surface area contributed by atoms with E-state index in [1.807, 2.05) is 0 Å². The first kappa shape index (κ1) is 10.9. The van der Waals surface area contributed by atoms with Gasteiger partial charge >= 0.3 is 5.82 Å². The van der Waals surface area contributed by atoms with Crippen molar-refractivity contribution in [3.05, 3.63) is 21.9 Å². The maximum absolute atomic E-state index is 10.2. The maximum Gasteiger partial charge on any atom is 0.390 e. The zero-order valence-corrected chi connectivity index (χ0v) is 7.24. The van der Waals surface area contributed by atoms with Crippen LogP contribution in [0.3, 0.4) is 0 Å². The summed E-state index contributed by atoms with van der Waals surface area (Å²) in [4.78, 5) is 9.63. The minimum absolute atomic E-state index is 0. The van der Waals surface area contributed by atoms with E-state index in [-0.39, 0.29) is 24.8 Å². The van der Waals surface area contributed by atoms with Crippen LogP contribution in [-0.2, 0) is 13.6 Å². The Hall–Kier alpha value is -1.14. The maximum atomic E-state index is 10.2. The normalized spacial score (nSPS) is 9.17. The highest BCUT2D eigenvalue weighted by atomic mass is 35.5. The monoisotopic (exact) mass is 192 g/mol. The topological polar surface area (TPSA) is 87.0 Å². The molecular weight excluding hydrogens is 184 g/mol. The lowest BCUT2D eigenvalue weighted by atomic mass is 10.4. The van der Waals surface area contributed by atoms with Crippen LogP contribution >= 0.6 is 12.4 Å². The van der Waals surface area contributed by atoms with Crippen molar-refractivity contribution in [2.24, 2.45) is 12.8 Å². The molecule has 0 aromatic carbocycles. The number of halogens is 1. The third-order valence-corrected chi connectivity index (χ3v) is 1.36. The van der Waals surface area contributed by atoms with Crippen LogP contribution in [-0.4, -0.2) is 14.7 Å². The molecule has 0 aliphatic heterocycles. The number of nitrogens with two attached hydrogens (primary N) is 1. The summed E-state index contributed by atoms with van der Waals surface area (Å²) >= 11 is 0. The minimum Gasteiger partial charge on any atom is -0.358 e. The van der Waals surface area contributed by atoms with E-state index in [0.29, 0.717) is 5.69 Å². The molecular formula is C5H9ClN4O2. The van der Waals surface area contributed by atoms with Gasteiger partial charge in [-0.25, -0.2) is 0 Å². The Morgan fingerprint density at radius 2 is 2.42 bits per heavy atom. The molecule has 0 spiro atoms. The number of aromatic nitrogens is 2. The van der Waals surface area contributed by atoms with E-state index in [4.69, 9.17) is 5.73 Å². The second kappa shape index (κ2) is 4.03. The molecule has 0 saturated carbocycles. The summed E-state index contributed by atoms with van der Waals surface area (Å²) in [6.45, 7) is 0.261. The van der Waals surface area contributed by atoms with Crippen molar-refractivity contribution in [1.82, 2.24) is 9.78 Å². The molecule has 6 nitrogen and oxygen atoms in total. The zero-order chi connectivity index (χ0) is 8.43. The largest absolute Gasteiger partial charge is 0.390 e. The second-order valence-corrected chi connectivity index (χ2v) is 2.08. The van der Waals surface area contributed by atoms with Crippen LogP contribution in [0.15, 0.2) is 6.07 Å². The summed E-state index contributed by atoms with van der Waals surface area (Å²) in [6, 6.07) is 1.36. The molecule has 2 N–H and O–H groups in total. The van der Waals surface area contributed by atoms with E-state index < -0.39 is 4.92 Å². The van der Waals surface area contributed by atoms with Crippen molar-refractivity contribution in [3.8, 4) is 0 Å². The van der Waals surface area contributed by atoms with E-state index in [2.05, 4.69) is 5.10 Å². The van der Waals surface area contributed by atoms with Gasteiger partial charge in [0, 0.05) is 6.54 Å². The molecule has 0 aliphatic rings. The fourth-order valence-corrected chi connectivity index (χ4v) is 0.769. The first-order valence-electron chi connectivity index (χ1n) is 3.02. The smallest absolute Gasteiger partial charge is 0.358 e. The highest BCUT2D eigenvalue weighted by Crippen LogP contribution is 2.09. The summed E-state index contributed by atoms with van der Waals surface area (Å²) in [7, 11) is 1.62. The molecule has 0 saturated heterocycles. The molecule has 68 valence electrons. The molecule has 12 heavy (non-hydrogen) atoms. The lowest BCUT2D eigenvalue weighted by Gasteiger charge is -1.87. The van der Waals surface area contributed by atoms with E-state index >= 15 is 0 Å². The zero-order valence-electron chi connectivity index (χ0n) is 6.43. The summed E-state index contributed by atoms with van der Waals surface area (Å²) in [5, 5.41) is 13.8. The van der Waals surface area contributed by atoms with Crippen molar-refractivity contribution in [1.29, 1.82) is 0 Å². The standard InChI is InChI=1S/C5H8N4O2.ClH/c1-8-4(3-6)2-5(7-8)9(10)11;/h2H,3,6H2,1H3;1H. The molecule has 1 heterocycles. The quantitative estimate of drug-likeness (QED) is 0.536. The summed E-state index contributed by atoms with van der Waals surface area (Å²) < 4.78 is 1.40. The van der Waals surface area contributed by atoms with Gasteiger partial charge in [0.05, 0.1) is 23.9 Å². The van der Waals surface area contributed by atoms with Crippen molar-refractivity contribution in [2.75, 3.05) is 0 Å². The Balaban J connectivity index is 0.00000121. The number of hydrogen-bond donors (Lipinski definition) is 1. The van der Waals surface area contributed by atoms with E-state index in [1.165, 1.54) is 10.7 Å². The van der Waals surface area contributed by atoms with Crippen molar-refractivity contribution >= 4 is 18.2 Å². The Labute approximate surface area is 74.9 Å². The fraction of sp³-hybridized carbons (Fsp3) is 0.400. The van der Waals surface area contributed by atoms with Gasteiger partial charge in [-0.2, -0.15) is 4.68 Å². The predicted octanol–water partition coefficient (Wildman–Crippen LogP) is 0.209. The minimum atomic E-state index is -0.542. The average molecular weight is 193 g/mol. The van der Waals surface area contributed by atoms with Gasteiger partial charge in [0.15, 0.2) is 0 Å². The molecule has 0 radical (unpaired) electrons. The van der Waals surface area contributed by atoms with E-state index in [1.54, 1.807) is 7.05 Å². The number of nitro groups is 1. The lowest BCUT2D eigenvalue weighted by molar-refractivity contribution is -0.389. The van der Waals surface area contributed by atoms with Crippen LogP contribution in [0.2, 0.25) is 0 Å². The van der Waals surface area contributed by atoms with Crippen LogP contribution in [0.1, 0.15) is 5.69 Å². The highest BCUT2D eigenvalue weighted by Gasteiger charge is 2.13. The third-order valence-electron chi connectivity index (χ3n) is 1.36. The summed E-state index contributed by atoms with van der Waals surface area (Å²) in [6.07, 6.45) is 0. The molecule has 0 fully saturated rings. The molecule has 1 aromatic rings. The van der Waals surface area contributed by atoms with Gasteiger partial charge in [-0.3, -0.25) is 0 Å².